The molecule has 0 spiro atoms. The molecule has 0 atom stereocenters. The predicted molar refractivity (Wildman–Crippen MR) is 49.0 cm³/mol. The van der Waals surface area contributed by atoms with Gasteiger partial charge in [0, 0.05) is 0 Å². The van der Waals surface area contributed by atoms with Gasteiger partial charge in [-0.2, -0.15) is 0 Å². The molecule has 0 radical (unpaired) electrons. The average molecular weight is 203 g/mol. The zero-order valence-electron chi connectivity index (χ0n) is 7.59. The van der Waals surface area contributed by atoms with Gasteiger partial charge in [-0.15, -0.1) is 11.6 Å². The zero-order chi connectivity index (χ0) is 9.84. The molecule has 0 aliphatic rings. The van der Waals surface area contributed by atoms with Crippen LogP contribution in [0.3, 0.4) is 0 Å². The van der Waals surface area contributed by atoms with Crippen LogP contribution >= 0.6 is 11.6 Å². The Hall–Kier alpha value is -0.960. The van der Waals surface area contributed by atoms with Crippen LogP contribution in [-0.2, 0) is 10.6 Å². The van der Waals surface area contributed by atoms with Crippen molar-refractivity contribution in [3.63, 3.8) is 0 Å². The molecule has 1 aromatic heterocycles. The van der Waals surface area contributed by atoms with Crippen molar-refractivity contribution < 1.29 is 13.9 Å². The van der Waals surface area contributed by atoms with Gasteiger partial charge in [-0.1, -0.05) is 0 Å². The van der Waals surface area contributed by atoms with E-state index in [0.717, 1.165) is 0 Å². The first-order valence-corrected chi connectivity index (χ1v) is 4.54. The minimum Gasteiger partial charge on any atom is -0.464 e. The van der Waals surface area contributed by atoms with Crippen molar-refractivity contribution in [3.8, 4) is 0 Å². The molecule has 0 aliphatic heterocycles. The van der Waals surface area contributed by atoms with E-state index >= 15 is 0 Å². The number of esters is 1. The van der Waals surface area contributed by atoms with Gasteiger partial charge in [0.25, 0.3) is 0 Å². The van der Waals surface area contributed by atoms with Crippen LogP contribution in [0.4, 0.5) is 0 Å². The molecule has 0 saturated carbocycles. The number of hydrogen-bond donors (Lipinski definition) is 0. The average Bonchev–Trinajstić information content (AvgIpc) is 2.47. The fourth-order valence-electron chi connectivity index (χ4n) is 1.02. The van der Waals surface area contributed by atoms with Crippen LogP contribution in [0.15, 0.2) is 10.5 Å². The summed E-state index contributed by atoms with van der Waals surface area (Å²) in [6.45, 7) is 3.83. The summed E-state index contributed by atoms with van der Waals surface area (Å²) in [6, 6.07) is 1.61. The molecular formula is C9H11ClO3. The minimum atomic E-state index is -0.361. The number of alkyl halides is 1. The molecule has 0 aromatic carbocycles. The maximum atomic E-state index is 11.3. The summed E-state index contributed by atoms with van der Waals surface area (Å²) < 4.78 is 10.0. The first-order valence-electron chi connectivity index (χ1n) is 4.01. The molecule has 0 N–H and O–H groups in total. The number of halogens is 1. The van der Waals surface area contributed by atoms with Gasteiger partial charge in [0.15, 0.2) is 0 Å². The van der Waals surface area contributed by atoms with E-state index in [2.05, 4.69) is 0 Å². The zero-order valence-corrected chi connectivity index (χ0v) is 8.35. The van der Waals surface area contributed by atoms with Crippen LogP contribution in [0.1, 0.15) is 28.8 Å². The van der Waals surface area contributed by atoms with Crippen molar-refractivity contribution >= 4 is 17.6 Å². The van der Waals surface area contributed by atoms with Crippen LogP contribution in [0.25, 0.3) is 0 Å². The lowest BCUT2D eigenvalue weighted by Crippen LogP contribution is -2.04. The van der Waals surface area contributed by atoms with E-state index in [4.69, 9.17) is 20.8 Å². The Labute approximate surface area is 81.6 Å². The van der Waals surface area contributed by atoms with E-state index in [0.29, 0.717) is 23.7 Å². The second-order valence-corrected chi connectivity index (χ2v) is 2.80. The third-order valence-corrected chi connectivity index (χ3v) is 1.86. The van der Waals surface area contributed by atoms with Gasteiger partial charge < -0.3 is 9.15 Å². The highest BCUT2D eigenvalue weighted by molar-refractivity contribution is 6.16. The largest absolute Gasteiger partial charge is 0.464 e. The monoisotopic (exact) mass is 202 g/mol. The molecule has 13 heavy (non-hydrogen) atoms. The predicted octanol–water partition coefficient (Wildman–Crippen LogP) is 2.50. The number of ether oxygens (including phenoxy) is 1. The standard InChI is InChI=1S/C9H11ClO3/c1-3-12-9(11)8-4-7(5-10)13-6(8)2/h4H,3,5H2,1-2H3. The van der Waals surface area contributed by atoms with Crippen LogP contribution < -0.4 is 0 Å². The Morgan fingerprint density at radius 1 is 1.69 bits per heavy atom. The summed E-state index contributed by atoms with van der Waals surface area (Å²) in [7, 11) is 0. The molecule has 4 heteroatoms. The van der Waals surface area contributed by atoms with E-state index in [9.17, 15) is 4.79 Å². The maximum Gasteiger partial charge on any atom is 0.341 e. The Balaban J connectivity index is 2.87. The second kappa shape index (κ2) is 4.33. The van der Waals surface area contributed by atoms with Crippen LogP contribution in [-0.4, -0.2) is 12.6 Å². The molecule has 0 bridgehead atoms. The maximum absolute atomic E-state index is 11.3. The molecule has 72 valence electrons. The Morgan fingerprint density at radius 3 is 2.85 bits per heavy atom. The van der Waals surface area contributed by atoms with Crippen molar-refractivity contribution in [1.29, 1.82) is 0 Å². The highest BCUT2D eigenvalue weighted by Crippen LogP contribution is 2.17. The van der Waals surface area contributed by atoms with E-state index < -0.39 is 0 Å². The SMILES string of the molecule is CCOC(=O)c1cc(CCl)oc1C. The van der Waals surface area contributed by atoms with Crippen molar-refractivity contribution in [2.45, 2.75) is 19.7 Å². The number of hydrogen-bond acceptors (Lipinski definition) is 3. The topological polar surface area (TPSA) is 39.4 Å². The van der Waals surface area contributed by atoms with E-state index in [1.807, 2.05) is 0 Å². The molecule has 0 aliphatic carbocycles. The molecule has 3 nitrogen and oxygen atoms in total. The Morgan fingerprint density at radius 2 is 2.38 bits per heavy atom. The number of carbonyl (C=O) groups is 1. The van der Waals surface area contributed by atoms with Gasteiger partial charge >= 0.3 is 5.97 Å². The quantitative estimate of drug-likeness (QED) is 0.559. The summed E-state index contributed by atoms with van der Waals surface area (Å²) in [5.41, 5.74) is 0.456. The highest BCUT2D eigenvalue weighted by Gasteiger charge is 2.14. The number of aryl methyl sites for hydroxylation is 1. The van der Waals surface area contributed by atoms with E-state index in [-0.39, 0.29) is 11.8 Å². The van der Waals surface area contributed by atoms with Gasteiger partial charge in [0.05, 0.1) is 12.5 Å². The molecule has 0 fully saturated rings. The first-order chi connectivity index (χ1) is 6.19. The minimum absolute atomic E-state index is 0.264. The van der Waals surface area contributed by atoms with Crippen molar-refractivity contribution in [1.82, 2.24) is 0 Å². The number of rotatable bonds is 3. The van der Waals surface area contributed by atoms with Crippen LogP contribution in [0.2, 0.25) is 0 Å². The van der Waals surface area contributed by atoms with E-state index in [1.165, 1.54) is 0 Å². The number of furan rings is 1. The van der Waals surface area contributed by atoms with Crippen molar-refractivity contribution in [2.75, 3.05) is 6.61 Å². The first kappa shape index (κ1) is 10.1. The molecule has 0 saturated heterocycles. The molecule has 0 amide bonds. The fraction of sp³-hybridized carbons (Fsp3) is 0.444. The molecule has 1 aromatic rings. The molecule has 1 heterocycles. The lowest BCUT2D eigenvalue weighted by atomic mass is 10.2. The normalized spacial score (nSPS) is 10.1. The third kappa shape index (κ3) is 2.25. The molecular weight excluding hydrogens is 192 g/mol. The summed E-state index contributed by atoms with van der Waals surface area (Å²) in [4.78, 5) is 11.3. The summed E-state index contributed by atoms with van der Waals surface area (Å²) >= 11 is 5.55. The van der Waals surface area contributed by atoms with Crippen molar-refractivity contribution in [2.24, 2.45) is 0 Å². The fourth-order valence-corrected chi connectivity index (χ4v) is 1.15. The van der Waals surface area contributed by atoms with Gasteiger partial charge in [-0.25, -0.2) is 4.79 Å². The number of carbonyl (C=O) groups excluding carboxylic acids is 1. The lowest BCUT2D eigenvalue weighted by molar-refractivity contribution is 0.0524. The summed E-state index contributed by atoms with van der Waals surface area (Å²) in [6.07, 6.45) is 0. The highest BCUT2D eigenvalue weighted by atomic mass is 35.5. The third-order valence-electron chi connectivity index (χ3n) is 1.60. The molecule has 1 rings (SSSR count). The van der Waals surface area contributed by atoms with Gasteiger partial charge in [-0.05, 0) is 19.9 Å². The summed E-state index contributed by atoms with van der Waals surface area (Å²) in [5, 5.41) is 0. The van der Waals surface area contributed by atoms with Crippen molar-refractivity contribution in [3.05, 3.63) is 23.2 Å². The Bertz CT molecular complexity index is 304. The van der Waals surface area contributed by atoms with Crippen LogP contribution in [0.5, 0.6) is 0 Å². The van der Waals surface area contributed by atoms with Gasteiger partial charge in [-0.3, -0.25) is 0 Å². The Kier molecular flexibility index (Phi) is 3.37. The second-order valence-electron chi connectivity index (χ2n) is 2.54. The van der Waals surface area contributed by atoms with Gasteiger partial charge in [0.1, 0.15) is 17.1 Å². The lowest BCUT2D eigenvalue weighted by Gasteiger charge is -1.97. The van der Waals surface area contributed by atoms with E-state index in [1.54, 1.807) is 19.9 Å². The summed E-state index contributed by atoms with van der Waals surface area (Å²) in [5.74, 6) is 1.04. The molecule has 0 unspecified atom stereocenters. The van der Waals surface area contributed by atoms with Gasteiger partial charge in [0.2, 0.25) is 0 Å². The van der Waals surface area contributed by atoms with Crippen LogP contribution in [0, 0.1) is 6.92 Å². The smallest absolute Gasteiger partial charge is 0.341 e.